The van der Waals surface area contributed by atoms with Crippen LogP contribution in [0.4, 0.5) is 4.39 Å². The first kappa shape index (κ1) is 34.6. The number of halogens is 2. The van der Waals surface area contributed by atoms with Crippen molar-refractivity contribution in [3.63, 3.8) is 0 Å². The van der Waals surface area contributed by atoms with Gasteiger partial charge in [0.15, 0.2) is 14.1 Å². The van der Waals surface area contributed by atoms with Crippen molar-refractivity contribution in [2.45, 2.75) is 95.9 Å². The van der Waals surface area contributed by atoms with Crippen LogP contribution in [0, 0.1) is 5.82 Å². The van der Waals surface area contributed by atoms with Crippen LogP contribution in [0.2, 0.25) is 18.1 Å². The largest absolute Gasteiger partial charge is 0.411 e. The number of alkyl halides is 1. The molecular weight excluding hydrogens is 600 g/mol. The van der Waals surface area contributed by atoms with E-state index in [1.165, 1.54) is 4.67 Å². The first-order chi connectivity index (χ1) is 18.9. The summed E-state index contributed by atoms with van der Waals surface area (Å²) < 4.78 is 66.3. The van der Waals surface area contributed by atoms with Crippen LogP contribution in [0.5, 0.6) is 0 Å². The highest BCUT2D eigenvalue weighted by molar-refractivity contribution is 7.51. The van der Waals surface area contributed by atoms with Gasteiger partial charge in [0.1, 0.15) is 12.3 Å². The molecule has 2 unspecified atom stereocenters. The third-order valence-electron chi connectivity index (χ3n) is 7.66. The molecular formula is C25H44ClFN3O9PSi. The van der Waals surface area contributed by atoms with Gasteiger partial charge in [-0.25, -0.2) is 14.0 Å². The molecule has 41 heavy (non-hydrogen) atoms. The van der Waals surface area contributed by atoms with Crippen molar-refractivity contribution in [3.8, 4) is 0 Å². The molecule has 5 atom stereocenters. The number of hydrogen-bond acceptors (Lipinski definition) is 9. The summed E-state index contributed by atoms with van der Waals surface area (Å²) in [5.41, 5.74) is -1.93. The van der Waals surface area contributed by atoms with E-state index in [9.17, 15) is 18.5 Å². The van der Waals surface area contributed by atoms with E-state index in [0.717, 1.165) is 10.8 Å². The van der Waals surface area contributed by atoms with Crippen molar-refractivity contribution in [2.24, 2.45) is 0 Å². The monoisotopic (exact) mass is 643 g/mol. The molecule has 0 saturated carbocycles. The molecule has 236 valence electrons. The van der Waals surface area contributed by atoms with Gasteiger partial charge in [0.25, 0.3) is 5.56 Å². The van der Waals surface area contributed by atoms with Crippen LogP contribution in [0.1, 0.15) is 53.7 Å². The van der Waals surface area contributed by atoms with Crippen molar-refractivity contribution in [2.75, 3.05) is 39.3 Å². The molecule has 3 rings (SSSR count). The molecule has 0 radical (unpaired) electrons. The van der Waals surface area contributed by atoms with Crippen molar-refractivity contribution in [1.82, 2.24) is 14.2 Å². The normalized spacial score (nSPS) is 26.5. The van der Waals surface area contributed by atoms with E-state index in [1.54, 1.807) is 7.05 Å². The molecule has 0 amide bonds. The van der Waals surface area contributed by atoms with E-state index in [-0.39, 0.29) is 43.2 Å². The lowest BCUT2D eigenvalue weighted by atomic mass is 10.2. The summed E-state index contributed by atoms with van der Waals surface area (Å²) >= 11 is 5.92. The SMILES string of the molecule is CN(CCCl)P(=O)(OCCC1COC(C)(C)O1)OC[C@H]1O[C@@H](n2cc(F)c(=O)[nH]c2=O)C[C@@H]1O[Si](C)(C)C(C)(C)C. The van der Waals surface area contributed by atoms with Gasteiger partial charge in [-0.2, -0.15) is 4.39 Å². The molecule has 0 aromatic carbocycles. The summed E-state index contributed by atoms with van der Waals surface area (Å²) in [6.45, 7) is 14.6. The highest BCUT2D eigenvalue weighted by Crippen LogP contribution is 2.52. The molecule has 2 aliphatic rings. The van der Waals surface area contributed by atoms with E-state index in [4.69, 9.17) is 39.3 Å². The van der Waals surface area contributed by atoms with Gasteiger partial charge >= 0.3 is 13.4 Å². The molecule has 1 aromatic heterocycles. The summed E-state index contributed by atoms with van der Waals surface area (Å²) in [7, 11) is -4.59. The van der Waals surface area contributed by atoms with Gasteiger partial charge in [-0.15, -0.1) is 11.6 Å². The maximum absolute atomic E-state index is 14.1. The number of ether oxygens (including phenoxy) is 3. The molecule has 2 fully saturated rings. The predicted molar refractivity (Wildman–Crippen MR) is 154 cm³/mol. The molecule has 12 nitrogen and oxygen atoms in total. The molecule has 2 saturated heterocycles. The minimum Gasteiger partial charge on any atom is -0.411 e. The Kier molecular flexibility index (Phi) is 11.3. The summed E-state index contributed by atoms with van der Waals surface area (Å²) in [5, 5.41) is -0.142. The van der Waals surface area contributed by atoms with Gasteiger partial charge in [0.05, 0.1) is 38.2 Å². The lowest BCUT2D eigenvalue weighted by molar-refractivity contribution is -0.139. The first-order valence-corrected chi connectivity index (χ1v) is 18.6. The van der Waals surface area contributed by atoms with Gasteiger partial charge in [-0.05, 0) is 45.4 Å². The summed E-state index contributed by atoms with van der Waals surface area (Å²) in [5.74, 6) is -1.61. The second kappa shape index (κ2) is 13.4. The van der Waals surface area contributed by atoms with Crippen molar-refractivity contribution >= 4 is 27.7 Å². The minimum absolute atomic E-state index is 0.0815. The lowest BCUT2D eigenvalue weighted by Gasteiger charge is -2.39. The van der Waals surface area contributed by atoms with Crippen LogP contribution < -0.4 is 11.2 Å². The van der Waals surface area contributed by atoms with Crippen molar-refractivity contribution in [3.05, 3.63) is 32.9 Å². The van der Waals surface area contributed by atoms with E-state index < -0.39 is 57.4 Å². The van der Waals surface area contributed by atoms with Gasteiger partial charge < -0.3 is 18.6 Å². The zero-order valence-corrected chi connectivity index (χ0v) is 27.8. The molecule has 1 aromatic rings. The molecule has 0 spiro atoms. The highest BCUT2D eigenvalue weighted by Gasteiger charge is 2.46. The summed E-state index contributed by atoms with van der Waals surface area (Å²) in [6.07, 6.45) is -1.06. The third-order valence-corrected chi connectivity index (χ3v) is 14.4. The maximum Gasteiger partial charge on any atom is 0.408 e. The number of hydrogen-bond donors (Lipinski definition) is 1. The highest BCUT2D eigenvalue weighted by atomic mass is 35.5. The van der Waals surface area contributed by atoms with E-state index in [1.807, 2.05) is 18.8 Å². The van der Waals surface area contributed by atoms with E-state index in [2.05, 4.69) is 33.9 Å². The fraction of sp³-hybridized carbons (Fsp3) is 0.840. The molecule has 3 heterocycles. The topological polar surface area (TPSA) is 131 Å². The Hall–Kier alpha value is -0.933. The lowest BCUT2D eigenvalue weighted by Crippen LogP contribution is -2.46. The summed E-state index contributed by atoms with van der Waals surface area (Å²) in [6, 6.07) is 0. The maximum atomic E-state index is 14.1. The zero-order chi connectivity index (χ0) is 30.8. The molecule has 16 heteroatoms. The van der Waals surface area contributed by atoms with Gasteiger partial charge in [0, 0.05) is 18.8 Å². The smallest absolute Gasteiger partial charge is 0.408 e. The third kappa shape index (κ3) is 8.81. The number of rotatable bonds is 13. The first-order valence-electron chi connectivity index (χ1n) is 13.7. The predicted octanol–water partition coefficient (Wildman–Crippen LogP) is 4.21. The Balaban J connectivity index is 1.79. The Bertz CT molecular complexity index is 1210. The van der Waals surface area contributed by atoms with Crippen LogP contribution in [0.15, 0.2) is 15.8 Å². The average molecular weight is 644 g/mol. The fourth-order valence-corrected chi connectivity index (χ4v) is 7.44. The molecule has 0 aliphatic carbocycles. The minimum atomic E-state index is -3.84. The Morgan fingerprint density at radius 3 is 2.56 bits per heavy atom. The van der Waals surface area contributed by atoms with E-state index >= 15 is 0 Å². The van der Waals surface area contributed by atoms with E-state index in [0.29, 0.717) is 13.0 Å². The van der Waals surface area contributed by atoms with Gasteiger partial charge in [0.2, 0.25) is 5.82 Å². The van der Waals surface area contributed by atoms with Crippen LogP contribution in [-0.4, -0.2) is 85.9 Å². The average Bonchev–Trinajstić information content (AvgIpc) is 3.41. The second-order valence-electron chi connectivity index (χ2n) is 12.3. The number of aromatic nitrogens is 2. The quantitative estimate of drug-likeness (QED) is 0.190. The van der Waals surface area contributed by atoms with Crippen molar-refractivity contribution in [1.29, 1.82) is 0 Å². The number of nitrogens with zero attached hydrogens (tertiary/aromatic N) is 2. The van der Waals surface area contributed by atoms with Crippen molar-refractivity contribution < 1.29 is 36.6 Å². The Labute approximate surface area is 246 Å². The number of H-pyrrole nitrogens is 1. The number of aromatic amines is 1. The van der Waals surface area contributed by atoms with Gasteiger partial charge in [-0.1, -0.05) is 20.8 Å². The second-order valence-corrected chi connectivity index (χ2v) is 19.6. The fourth-order valence-electron chi connectivity index (χ4n) is 4.23. The standard InChI is InChI=1S/C25H44ClFN3O9PSi/c1-24(2,3)41(7,8)39-19-13-21(30-14-18(27)22(31)28-23(30)32)37-20(19)16-36-40(33,29(6)11-10-26)35-12-9-17-15-34-25(4,5)38-17/h14,17,19-21H,9-13,15-16H2,1-8H3,(H,28,31,32)/t17?,19-,20+,21+,40?/m0/s1. The molecule has 2 aliphatic heterocycles. The van der Waals surface area contributed by atoms with Crippen LogP contribution in [-0.2, 0) is 32.2 Å². The molecule has 1 N–H and O–H groups in total. The Morgan fingerprint density at radius 2 is 1.98 bits per heavy atom. The number of nitrogens with one attached hydrogen (secondary N) is 1. The Morgan fingerprint density at radius 1 is 1.29 bits per heavy atom. The van der Waals surface area contributed by atoms with Crippen LogP contribution in [0.25, 0.3) is 0 Å². The van der Waals surface area contributed by atoms with Crippen LogP contribution >= 0.6 is 19.3 Å². The van der Waals surface area contributed by atoms with Gasteiger partial charge in [-0.3, -0.25) is 23.4 Å². The molecule has 0 bridgehead atoms. The summed E-state index contributed by atoms with van der Waals surface area (Å²) in [4.78, 5) is 26.0. The zero-order valence-electron chi connectivity index (χ0n) is 25.1. The van der Waals surface area contributed by atoms with Crippen LogP contribution in [0.3, 0.4) is 0 Å².